The largest absolute Gasteiger partial charge is 0.393 e. The highest BCUT2D eigenvalue weighted by molar-refractivity contribution is 7.98. The minimum Gasteiger partial charge on any atom is -0.393 e. The maximum absolute atomic E-state index is 11.1. The highest BCUT2D eigenvalue weighted by Gasteiger charge is 2.26. The van der Waals surface area contributed by atoms with Crippen LogP contribution in [0, 0.1) is 0 Å². The van der Waals surface area contributed by atoms with Crippen molar-refractivity contribution in [1.82, 2.24) is 9.97 Å². The zero-order valence-electron chi connectivity index (χ0n) is 10.3. The van der Waals surface area contributed by atoms with Crippen molar-refractivity contribution in [3.8, 4) is 0 Å². The Morgan fingerprint density at radius 2 is 2.22 bits per heavy atom. The number of hydrogen-bond donors (Lipinski definition) is 2. The quantitative estimate of drug-likeness (QED) is 0.491. The van der Waals surface area contributed by atoms with Gasteiger partial charge in [0.25, 0.3) is 0 Å². The Balaban J connectivity index is 2.40. The van der Waals surface area contributed by atoms with E-state index < -0.39 is 0 Å². The molecule has 98 valence electrons. The third-order valence-electron chi connectivity index (χ3n) is 3.32. The lowest BCUT2D eigenvalue weighted by Gasteiger charge is -2.26. The van der Waals surface area contributed by atoms with E-state index >= 15 is 0 Å². The summed E-state index contributed by atoms with van der Waals surface area (Å²) in [5, 5.41) is 10.3. The number of nitrogens with two attached hydrogens (primary N) is 1. The first-order chi connectivity index (χ1) is 8.65. The zero-order valence-corrected chi connectivity index (χ0v) is 11.1. The molecule has 1 fully saturated rings. The van der Waals surface area contributed by atoms with Gasteiger partial charge in [0.05, 0.1) is 17.4 Å². The number of aldehydes is 1. The molecule has 1 aliphatic rings. The first-order valence-electron chi connectivity index (χ1n) is 6.00. The van der Waals surface area contributed by atoms with E-state index in [2.05, 4.69) is 9.97 Å². The first kappa shape index (κ1) is 13.3. The number of carbonyl (C=O) groups excluding carboxylic acids is 1. The van der Waals surface area contributed by atoms with Crippen molar-refractivity contribution in [2.45, 2.75) is 42.9 Å². The summed E-state index contributed by atoms with van der Waals surface area (Å²) in [7, 11) is 0. The number of nitrogens with zero attached hydrogens (tertiary/aromatic N) is 2. The van der Waals surface area contributed by atoms with Gasteiger partial charge in [0.15, 0.2) is 11.4 Å². The fourth-order valence-corrected chi connectivity index (χ4v) is 2.80. The second kappa shape index (κ2) is 5.67. The molecule has 6 heteroatoms. The van der Waals surface area contributed by atoms with Gasteiger partial charge in [-0.05, 0) is 25.5 Å². The molecule has 1 aliphatic carbocycles. The summed E-state index contributed by atoms with van der Waals surface area (Å²) >= 11 is 1.40. The van der Waals surface area contributed by atoms with Gasteiger partial charge in [-0.25, -0.2) is 9.97 Å². The van der Waals surface area contributed by atoms with Crippen molar-refractivity contribution in [2.24, 2.45) is 0 Å². The van der Waals surface area contributed by atoms with E-state index in [1.54, 1.807) is 0 Å². The minimum absolute atomic E-state index is 0.102. The van der Waals surface area contributed by atoms with Crippen LogP contribution in [0.15, 0.2) is 5.16 Å². The van der Waals surface area contributed by atoms with Crippen molar-refractivity contribution >= 4 is 23.9 Å². The lowest BCUT2D eigenvalue weighted by Crippen LogP contribution is -2.21. The van der Waals surface area contributed by atoms with Crippen molar-refractivity contribution in [1.29, 1.82) is 0 Å². The molecule has 18 heavy (non-hydrogen) atoms. The maximum atomic E-state index is 11.1. The summed E-state index contributed by atoms with van der Waals surface area (Å²) in [4.78, 5) is 19.6. The number of thioether (sulfide) groups is 1. The Morgan fingerprint density at radius 1 is 1.44 bits per heavy atom. The average Bonchev–Trinajstić information content (AvgIpc) is 2.37. The molecule has 1 aromatic rings. The van der Waals surface area contributed by atoms with Crippen LogP contribution >= 0.6 is 11.8 Å². The fourth-order valence-electron chi connectivity index (χ4n) is 2.42. The van der Waals surface area contributed by atoms with E-state index in [4.69, 9.17) is 5.73 Å². The molecule has 3 N–H and O–H groups in total. The molecule has 2 rings (SSSR count). The second-order valence-electron chi connectivity index (χ2n) is 4.53. The Bertz CT molecular complexity index is 453. The van der Waals surface area contributed by atoms with Crippen molar-refractivity contribution in [3.63, 3.8) is 0 Å². The molecule has 1 heterocycles. The lowest BCUT2D eigenvalue weighted by molar-refractivity contribution is 0.110. The molecule has 0 amide bonds. The molecular weight excluding hydrogens is 250 g/mol. The van der Waals surface area contributed by atoms with Crippen molar-refractivity contribution < 1.29 is 9.90 Å². The van der Waals surface area contributed by atoms with Crippen LogP contribution in [0.2, 0.25) is 0 Å². The number of anilines is 1. The molecule has 0 bridgehead atoms. The topological polar surface area (TPSA) is 89.1 Å². The summed E-state index contributed by atoms with van der Waals surface area (Å²) < 4.78 is 0. The number of hydrogen-bond acceptors (Lipinski definition) is 6. The molecule has 0 aliphatic heterocycles. The minimum atomic E-state index is -0.308. The Hall–Kier alpha value is -1.14. The first-order valence-corrected chi connectivity index (χ1v) is 7.22. The molecule has 1 aromatic heterocycles. The second-order valence-corrected chi connectivity index (χ2v) is 5.30. The van der Waals surface area contributed by atoms with E-state index in [9.17, 15) is 9.90 Å². The van der Waals surface area contributed by atoms with Crippen LogP contribution in [-0.2, 0) is 0 Å². The SMILES string of the molecule is CSc1nc(N)c(C=O)c([C@@H]2CCC[C@@H](O)C2)n1. The molecule has 0 spiro atoms. The maximum Gasteiger partial charge on any atom is 0.189 e. The highest BCUT2D eigenvalue weighted by Crippen LogP contribution is 2.34. The Morgan fingerprint density at radius 3 is 2.83 bits per heavy atom. The van der Waals surface area contributed by atoms with E-state index in [0.29, 0.717) is 22.8 Å². The monoisotopic (exact) mass is 267 g/mol. The van der Waals surface area contributed by atoms with Crippen LogP contribution in [0.5, 0.6) is 0 Å². The zero-order chi connectivity index (χ0) is 13.1. The number of rotatable bonds is 3. The smallest absolute Gasteiger partial charge is 0.189 e. The van der Waals surface area contributed by atoms with Crippen LogP contribution in [0.4, 0.5) is 5.82 Å². The van der Waals surface area contributed by atoms with Crippen LogP contribution in [-0.4, -0.2) is 33.7 Å². The Labute approximate surface area is 110 Å². The third kappa shape index (κ3) is 2.64. The van der Waals surface area contributed by atoms with Gasteiger partial charge in [0.2, 0.25) is 0 Å². The van der Waals surface area contributed by atoms with E-state index in [-0.39, 0.29) is 17.8 Å². The van der Waals surface area contributed by atoms with E-state index in [0.717, 1.165) is 25.5 Å². The molecule has 0 unspecified atom stereocenters. The van der Waals surface area contributed by atoms with Crippen molar-refractivity contribution in [3.05, 3.63) is 11.3 Å². The third-order valence-corrected chi connectivity index (χ3v) is 3.87. The lowest BCUT2D eigenvalue weighted by atomic mass is 9.83. The van der Waals surface area contributed by atoms with Gasteiger partial charge in [-0.3, -0.25) is 4.79 Å². The summed E-state index contributed by atoms with van der Waals surface area (Å²) in [5.74, 6) is 0.338. The molecule has 5 nitrogen and oxygen atoms in total. The van der Waals surface area contributed by atoms with Gasteiger partial charge in [0, 0.05) is 5.92 Å². The molecule has 0 aromatic carbocycles. The van der Waals surface area contributed by atoms with E-state index in [1.807, 2.05) is 6.26 Å². The molecule has 2 atom stereocenters. The van der Waals surface area contributed by atoms with Gasteiger partial charge in [0.1, 0.15) is 5.82 Å². The summed E-state index contributed by atoms with van der Waals surface area (Å²) in [6.07, 6.45) is 5.63. The summed E-state index contributed by atoms with van der Waals surface area (Å²) in [6, 6.07) is 0. The fraction of sp³-hybridized carbons (Fsp3) is 0.583. The van der Waals surface area contributed by atoms with Gasteiger partial charge in [-0.1, -0.05) is 18.2 Å². The standard InChI is InChI=1S/C12H17N3O2S/c1-18-12-14-10(9(6-16)11(13)15-12)7-3-2-4-8(17)5-7/h6-8,17H,2-5H2,1H3,(H2,13,14,15)/t7-,8-/m1/s1. The number of nitrogen functional groups attached to an aromatic ring is 1. The van der Waals surface area contributed by atoms with Crippen molar-refractivity contribution in [2.75, 3.05) is 12.0 Å². The van der Waals surface area contributed by atoms with Crippen LogP contribution < -0.4 is 5.73 Å². The van der Waals surface area contributed by atoms with Crippen LogP contribution in [0.25, 0.3) is 0 Å². The van der Waals surface area contributed by atoms with Gasteiger partial charge >= 0.3 is 0 Å². The van der Waals surface area contributed by atoms with E-state index in [1.165, 1.54) is 11.8 Å². The number of carbonyl (C=O) groups is 1. The number of aliphatic hydroxyl groups excluding tert-OH is 1. The predicted molar refractivity (Wildman–Crippen MR) is 70.8 cm³/mol. The summed E-state index contributed by atoms with van der Waals surface area (Å²) in [6.45, 7) is 0. The Kier molecular flexibility index (Phi) is 4.19. The normalized spacial score (nSPS) is 23.9. The highest BCUT2D eigenvalue weighted by atomic mass is 32.2. The van der Waals surface area contributed by atoms with Crippen LogP contribution in [0.1, 0.15) is 47.7 Å². The van der Waals surface area contributed by atoms with Crippen LogP contribution in [0.3, 0.4) is 0 Å². The number of aromatic nitrogens is 2. The van der Waals surface area contributed by atoms with Gasteiger partial charge in [-0.2, -0.15) is 0 Å². The molecular formula is C12H17N3O2S. The summed E-state index contributed by atoms with van der Waals surface area (Å²) in [5.41, 5.74) is 6.87. The van der Waals surface area contributed by atoms with Gasteiger partial charge in [-0.15, -0.1) is 0 Å². The molecule has 0 radical (unpaired) electrons. The molecule has 0 saturated heterocycles. The number of aliphatic hydroxyl groups is 1. The van der Waals surface area contributed by atoms with Gasteiger partial charge < -0.3 is 10.8 Å². The predicted octanol–water partition coefficient (Wildman–Crippen LogP) is 1.61. The average molecular weight is 267 g/mol. The molecule has 1 saturated carbocycles.